The number of thiazole rings is 1. The second-order valence-corrected chi connectivity index (χ2v) is 9.41. The molecule has 1 aliphatic carbocycles. The summed E-state index contributed by atoms with van der Waals surface area (Å²) in [5, 5.41) is 4.93. The smallest absolute Gasteiger partial charge is 0.330 e. The lowest BCUT2D eigenvalue weighted by Gasteiger charge is -2.24. The standard InChI is InChI=1S/C24H28N6O4S/c1-2-3-11-29(18(31)12-17-14-35-23(26-17)27-21(32)16-9-10-16)19-20(25)30(24(34)28-22(19)33)13-15-7-5-4-6-8-15/h4-8,14,16H,2-3,9-13,25H2,1H3,(H,26,27,32)(H,28,33,34). The average molecular weight is 497 g/mol. The first-order valence-corrected chi connectivity index (χ1v) is 12.5. The summed E-state index contributed by atoms with van der Waals surface area (Å²) in [5.41, 5.74) is 6.24. The molecule has 3 aromatic rings. The van der Waals surface area contributed by atoms with Crippen LogP contribution in [0.15, 0.2) is 45.3 Å². The van der Waals surface area contributed by atoms with E-state index in [4.69, 9.17) is 5.73 Å². The summed E-state index contributed by atoms with van der Waals surface area (Å²) in [5.74, 6) is -0.440. The number of benzene rings is 1. The molecule has 2 aromatic heterocycles. The van der Waals surface area contributed by atoms with Crippen molar-refractivity contribution >= 4 is 39.8 Å². The monoisotopic (exact) mass is 496 g/mol. The van der Waals surface area contributed by atoms with Crippen molar-refractivity contribution in [2.24, 2.45) is 5.92 Å². The highest BCUT2D eigenvalue weighted by Crippen LogP contribution is 2.30. The van der Waals surface area contributed by atoms with Crippen LogP contribution in [-0.2, 0) is 22.6 Å². The Kier molecular flexibility index (Phi) is 7.45. The lowest BCUT2D eigenvalue weighted by molar-refractivity contribution is -0.118. The molecule has 2 amide bonds. The Morgan fingerprint density at radius 3 is 2.69 bits per heavy atom. The van der Waals surface area contributed by atoms with Crippen molar-refractivity contribution in [1.29, 1.82) is 0 Å². The Balaban J connectivity index is 1.60. The molecule has 4 N–H and O–H groups in total. The third kappa shape index (κ3) is 5.86. The third-order valence-corrected chi connectivity index (χ3v) is 6.57. The van der Waals surface area contributed by atoms with Gasteiger partial charge in [-0.05, 0) is 24.8 Å². The highest BCUT2D eigenvalue weighted by atomic mass is 32.1. The number of hydrogen-bond acceptors (Lipinski definition) is 7. The first-order valence-electron chi connectivity index (χ1n) is 11.6. The number of aromatic amines is 1. The number of carbonyl (C=O) groups is 2. The lowest BCUT2D eigenvalue weighted by Crippen LogP contribution is -2.42. The van der Waals surface area contributed by atoms with Crippen LogP contribution >= 0.6 is 11.3 Å². The fourth-order valence-electron chi connectivity index (χ4n) is 3.69. The second kappa shape index (κ2) is 10.7. The van der Waals surface area contributed by atoms with E-state index in [-0.39, 0.29) is 48.7 Å². The van der Waals surface area contributed by atoms with E-state index < -0.39 is 11.2 Å². The van der Waals surface area contributed by atoms with Crippen LogP contribution in [0, 0.1) is 5.92 Å². The Labute approximate surface area is 205 Å². The molecule has 0 unspecified atom stereocenters. The van der Waals surface area contributed by atoms with Crippen LogP contribution in [0.1, 0.15) is 43.9 Å². The molecule has 0 atom stereocenters. The van der Waals surface area contributed by atoms with Crippen LogP contribution in [0.25, 0.3) is 0 Å². The maximum absolute atomic E-state index is 13.3. The van der Waals surface area contributed by atoms with Gasteiger partial charge < -0.3 is 16.0 Å². The number of nitrogens with zero attached hydrogens (tertiary/aromatic N) is 3. The van der Waals surface area contributed by atoms with Gasteiger partial charge >= 0.3 is 5.69 Å². The molecule has 4 rings (SSSR count). The van der Waals surface area contributed by atoms with Crippen molar-refractivity contribution in [1.82, 2.24) is 14.5 Å². The Morgan fingerprint density at radius 2 is 2.00 bits per heavy atom. The van der Waals surface area contributed by atoms with Crippen molar-refractivity contribution < 1.29 is 9.59 Å². The summed E-state index contributed by atoms with van der Waals surface area (Å²) in [4.78, 5) is 58.7. The number of rotatable bonds is 10. The van der Waals surface area contributed by atoms with Crippen LogP contribution in [-0.4, -0.2) is 32.9 Å². The van der Waals surface area contributed by atoms with E-state index in [9.17, 15) is 19.2 Å². The van der Waals surface area contributed by atoms with Gasteiger partial charge in [-0.3, -0.25) is 23.9 Å². The molecular weight excluding hydrogens is 468 g/mol. The van der Waals surface area contributed by atoms with Gasteiger partial charge in [0.25, 0.3) is 5.56 Å². The third-order valence-electron chi connectivity index (χ3n) is 5.77. The zero-order chi connectivity index (χ0) is 24.9. The molecule has 0 spiro atoms. The number of H-pyrrole nitrogens is 1. The van der Waals surface area contributed by atoms with E-state index in [2.05, 4.69) is 15.3 Å². The van der Waals surface area contributed by atoms with Crippen molar-refractivity contribution in [3.8, 4) is 0 Å². The van der Waals surface area contributed by atoms with Gasteiger partial charge in [0.2, 0.25) is 11.8 Å². The van der Waals surface area contributed by atoms with E-state index in [0.717, 1.165) is 24.8 Å². The van der Waals surface area contributed by atoms with Crippen LogP contribution in [0.5, 0.6) is 0 Å². The number of aromatic nitrogens is 3. The van der Waals surface area contributed by atoms with Crippen LogP contribution in [0.3, 0.4) is 0 Å². The van der Waals surface area contributed by atoms with Gasteiger partial charge in [0.05, 0.1) is 18.7 Å². The lowest BCUT2D eigenvalue weighted by atomic mass is 10.2. The molecule has 1 saturated carbocycles. The van der Waals surface area contributed by atoms with Gasteiger partial charge in [-0.1, -0.05) is 43.7 Å². The molecule has 11 heteroatoms. The Bertz CT molecular complexity index is 1330. The van der Waals surface area contributed by atoms with E-state index in [1.807, 2.05) is 37.3 Å². The van der Waals surface area contributed by atoms with Crippen molar-refractivity contribution in [3.05, 3.63) is 67.8 Å². The summed E-state index contributed by atoms with van der Waals surface area (Å²) >= 11 is 1.25. The Hall–Kier alpha value is -3.73. The molecule has 10 nitrogen and oxygen atoms in total. The fraction of sp³-hybridized carbons (Fsp3) is 0.375. The van der Waals surface area contributed by atoms with Gasteiger partial charge in [0.15, 0.2) is 10.8 Å². The largest absolute Gasteiger partial charge is 0.383 e. The second-order valence-electron chi connectivity index (χ2n) is 8.55. The minimum absolute atomic E-state index is 0.0449. The van der Waals surface area contributed by atoms with Crippen LogP contribution in [0.4, 0.5) is 16.6 Å². The van der Waals surface area contributed by atoms with Gasteiger partial charge in [-0.25, -0.2) is 9.78 Å². The molecule has 0 saturated heterocycles. The average Bonchev–Trinajstić information content (AvgIpc) is 3.60. The van der Waals surface area contributed by atoms with E-state index >= 15 is 0 Å². The van der Waals surface area contributed by atoms with Crippen molar-refractivity contribution in [2.75, 3.05) is 22.5 Å². The Morgan fingerprint density at radius 1 is 1.26 bits per heavy atom. The molecule has 184 valence electrons. The molecule has 1 fully saturated rings. The SMILES string of the molecule is CCCCN(C(=O)Cc1csc(NC(=O)C2CC2)n1)c1c(N)n(Cc2ccccc2)c(=O)[nH]c1=O. The van der Waals surface area contributed by atoms with Crippen molar-refractivity contribution in [3.63, 3.8) is 0 Å². The number of anilines is 3. The van der Waals surface area contributed by atoms with Gasteiger partial charge in [-0.15, -0.1) is 11.3 Å². The fourth-order valence-corrected chi connectivity index (χ4v) is 4.40. The number of nitrogens with one attached hydrogen (secondary N) is 2. The summed E-state index contributed by atoms with van der Waals surface area (Å²) in [7, 11) is 0. The number of hydrogen-bond donors (Lipinski definition) is 3. The minimum Gasteiger partial charge on any atom is -0.383 e. The molecule has 2 heterocycles. The molecular formula is C24H28N6O4S. The van der Waals surface area contributed by atoms with Gasteiger partial charge in [-0.2, -0.15) is 0 Å². The van der Waals surface area contributed by atoms with Crippen LogP contribution < -0.4 is 27.2 Å². The first-order chi connectivity index (χ1) is 16.9. The number of nitrogen functional groups attached to an aromatic ring is 1. The maximum atomic E-state index is 13.3. The van der Waals surface area contributed by atoms with Crippen LogP contribution in [0.2, 0.25) is 0 Å². The zero-order valence-electron chi connectivity index (χ0n) is 19.5. The molecule has 1 aliphatic rings. The first kappa shape index (κ1) is 24.4. The normalized spacial score (nSPS) is 12.9. The molecule has 0 bridgehead atoms. The number of amides is 2. The summed E-state index contributed by atoms with van der Waals surface area (Å²) in [6, 6.07) is 9.24. The number of carbonyl (C=O) groups excluding carboxylic acids is 2. The number of nitrogens with two attached hydrogens (primary N) is 1. The summed E-state index contributed by atoms with van der Waals surface area (Å²) in [6.07, 6.45) is 3.13. The molecule has 0 aliphatic heterocycles. The van der Waals surface area contributed by atoms with Gasteiger partial charge in [0, 0.05) is 17.8 Å². The highest BCUT2D eigenvalue weighted by Gasteiger charge is 2.30. The maximum Gasteiger partial charge on any atom is 0.330 e. The molecule has 1 aromatic carbocycles. The van der Waals surface area contributed by atoms with Crippen molar-refractivity contribution in [2.45, 2.75) is 45.6 Å². The minimum atomic E-state index is -0.711. The topological polar surface area (TPSA) is 143 Å². The summed E-state index contributed by atoms with van der Waals surface area (Å²) < 4.78 is 1.26. The van der Waals surface area contributed by atoms with Gasteiger partial charge in [0.1, 0.15) is 5.82 Å². The van der Waals surface area contributed by atoms with E-state index in [1.165, 1.54) is 20.8 Å². The predicted molar refractivity (Wildman–Crippen MR) is 136 cm³/mol. The van der Waals surface area contributed by atoms with E-state index in [0.29, 0.717) is 17.2 Å². The predicted octanol–water partition coefficient (Wildman–Crippen LogP) is 2.35. The zero-order valence-corrected chi connectivity index (χ0v) is 20.3. The highest BCUT2D eigenvalue weighted by molar-refractivity contribution is 7.13. The molecule has 35 heavy (non-hydrogen) atoms. The van der Waals surface area contributed by atoms with E-state index in [1.54, 1.807) is 5.38 Å². The number of unbranched alkanes of at least 4 members (excludes halogenated alkanes) is 1. The quantitative estimate of drug-likeness (QED) is 0.393. The molecule has 0 radical (unpaired) electrons. The summed E-state index contributed by atoms with van der Waals surface area (Å²) in [6.45, 7) is 2.39.